The van der Waals surface area contributed by atoms with Gasteiger partial charge in [-0.1, -0.05) is 30.7 Å². The first-order valence-corrected chi connectivity index (χ1v) is 6.28. The Labute approximate surface area is 113 Å². The minimum atomic E-state index is -0.979. The highest BCUT2D eigenvalue weighted by molar-refractivity contribution is 6.30. The summed E-state index contributed by atoms with van der Waals surface area (Å²) in [5, 5.41) is 12.5. The normalized spacial score (nSPS) is 15.3. The third-order valence-electron chi connectivity index (χ3n) is 3.15. The Hall–Kier alpha value is -1.53. The molecule has 1 amide bonds. The van der Waals surface area contributed by atoms with Crippen molar-refractivity contribution in [3.8, 4) is 6.07 Å². The van der Waals surface area contributed by atoms with Crippen molar-refractivity contribution in [3.63, 3.8) is 0 Å². The van der Waals surface area contributed by atoms with Crippen molar-refractivity contribution < 1.29 is 4.79 Å². The number of amides is 1. The second-order valence-electron chi connectivity index (χ2n) is 4.55. The van der Waals surface area contributed by atoms with Crippen LogP contribution in [0, 0.1) is 16.7 Å². The highest BCUT2D eigenvalue weighted by atomic mass is 35.5. The molecule has 4 heteroatoms. The molecule has 3 nitrogen and oxygen atoms in total. The summed E-state index contributed by atoms with van der Waals surface area (Å²) in [7, 11) is 0. The average molecular weight is 265 g/mol. The summed E-state index contributed by atoms with van der Waals surface area (Å²) in [5.41, 5.74) is -0.0560. The molecule has 0 saturated carbocycles. The van der Waals surface area contributed by atoms with Crippen LogP contribution in [-0.2, 0) is 4.79 Å². The van der Waals surface area contributed by atoms with Gasteiger partial charge in [-0.25, -0.2) is 0 Å². The lowest BCUT2D eigenvalue weighted by Gasteiger charge is -2.22. The van der Waals surface area contributed by atoms with Crippen LogP contribution in [0.1, 0.15) is 38.8 Å². The third kappa shape index (κ3) is 3.24. The van der Waals surface area contributed by atoms with Crippen LogP contribution in [-0.4, -0.2) is 5.91 Å². The number of hydrogen-bond acceptors (Lipinski definition) is 2. The van der Waals surface area contributed by atoms with E-state index in [0.29, 0.717) is 11.4 Å². The van der Waals surface area contributed by atoms with Crippen molar-refractivity contribution >= 4 is 17.5 Å². The van der Waals surface area contributed by atoms with E-state index in [1.807, 2.05) is 32.0 Å². The molecule has 1 N–H and O–H groups in total. The van der Waals surface area contributed by atoms with Crippen LogP contribution in [0.15, 0.2) is 24.3 Å². The van der Waals surface area contributed by atoms with Crippen molar-refractivity contribution in [1.82, 2.24) is 5.32 Å². The van der Waals surface area contributed by atoms with E-state index in [-0.39, 0.29) is 11.9 Å². The Morgan fingerprint density at radius 2 is 2.28 bits per heavy atom. The van der Waals surface area contributed by atoms with Crippen molar-refractivity contribution in [2.75, 3.05) is 0 Å². The highest BCUT2D eigenvalue weighted by Gasteiger charge is 2.32. The molecule has 0 saturated heterocycles. The Morgan fingerprint density at radius 3 is 2.78 bits per heavy atom. The fraction of sp³-hybridized carbons (Fsp3) is 0.429. The number of carbonyl (C=O) groups is 1. The molecular formula is C14H17ClN2O. The minimum Gasteiger partial charge on any atom is -0.348 e. The molecule has 0 heterocycles. The Bertz CT molecular complexity index is 481. The van der Waals surface area contributed by atoms with Crippen molar-refractivity contribution in [2.45, 2.75) is 33.2 Å². The van der Waals surface area contributed by atoms with Gasteiger partial charge in [0.25, 0.3) is 0 Å². The van der Waals surface area contributed by atoms with Crippen LogP contribution in [0.2, 0.25) is 5.02 Å². The number of carbonyl (C=O) groups excluding carboxylic acids is 1. The van der Waals surface area contributed by atoms with Gasteiger partial charge in [-0.2, -0.15) is 5.26 Å². The van der Waals surface area contributed by atoms with E-state index < -0.39 is 5.41 Å². The van der Waals surface area contributed by atoms with Crippen LogP contribution >= 0.6 is 11.6 Å². The molecule has 0 fully saturated rings. The quantitative estimate of drug-likeness (QED) is 0.905. The first kappa shape index (κ1) is 14.5. The molecule has 1 aromatic carbocycles. The molecule has 96 valence electrons. The highest BCUT2D eigenvalue weighted by Crippen LogP contribution is 2.23. The summed E-state index contributed by atoms with van der Waals surface area (Å²) in [4.78, 5) is 12.0. The van der Waals surface area contributed by atoms with E-state index in [1.165, 1.54) is 0 Å². The lowest BCUT2D eigenvalue weighted by atomic mass is 9.88. The van der Waals surface area contributed by atoms with Gasteiger partial charge in [-0.15, -0.1) is 0 Å². The van der Waals surface area contributed by atoms with Gasteiger partial charge in [0, 0.05) is 5.02 Å². The van der Waals surface area contributed by atoms with E-state index in [4.69, 9.17) is 16.9 Å². The molecule has 0 spiro atoms. The van der Waals surface area contributed by atoms with Gasteiger partial charge in [-0.3, -0.25) is 4.79 Å². The SMILES string of the molecule is CCC(C)(C#N)C(=O)NC(C)c1cccc(Cl)c1. The maximum absolute atomic E-state index is 12.0. The standard InChI is InChI=1S/C14H17ClN2O/c1-4-14(3,9-16)13(18)17-10(2)11-6-5-7-12(15)8-11/h5-8,10H,4H2,1-3H3,(H,17,18). The van der Waals surface area contributed by atoms with Crippen LogP contribution in [0.3, 0.4) is 0 Å². The average Bonchev–Trinajstić information content (AvgIpc) is 2.37. The topological polar surface area (TPSA) is 52.9 Å². The lowest BCUT2D eigenvalue weighted by molar-refractivity contribution is -0.128. The zero-order valence-corrected chi connectivity index (χ0v) is 11.6. The summed E-state index contributed by atoms with van der Waals surface area (Å²) < 4.78 is 0. The predicted molar refractivity (Wildman–Crippen MR) is 72.0 cm³/mol. The molecule has 18 heavy (non-hydrogen) atoms. The predicted octanol–water partition coefficient (Wildman–Crippen LogP) is 3.46. The van der Waals surface area contributed by atoms with Gasteiger partial charge in [0.05, 0.1) is 12.1 Å². The second kappa shape index (κ2) is 5.88. The zero-order valence-electron chi connectivity index (χ0n) is 10.8. The van der Waals surface area contributed by atoms with E-state index in [2.05, 4.69) is 11.4 Å². The largest absolute Gasteiger partial charge is 0.348 e. The van der Waals surface area contributed by atoms with Gasteiger partial charge < -0.3 is 5.32 Å². The van der Waals surface area contributed by atoms with Crippen LogP contribution in [0.25, 0.3) is 0 Å². The van der Waals surface area contributed by atoms with Crippen LogP contribution < -0.4 is 5.32 Å². The maximum Gasteiger partial charge on any atom is 0.240 e. The summed E-state index contributed by atoms with van der Waals surface area (Å²) in [5.74, 6) is -0.250. The van der Waals surface area contributed by atoms with Crippen LogP contribution in [0.4, 0.5) is 0 Å². The molecule has 0 aliphatic carbocycles. The molecule has 0 aliphatic heterocycles. The molecule has 0 aromatic heterocycles. The second-order valence-corrected chi connectivity index (χ2v) is 4.98. The number of benzene rings is 1. The fourth-order valence-electron chi connectivity index (χ4n) is 1.51. The van der Waals surface area contributed by atoms with Gasteiger partial charge in [-0.05, 0) is 38.0 Å². The molecule has 0 radical (unpaired) electrons. The van der Waals surface area contributed by atoms with Crippen molar-refractivity contribution in [3.05, 3.63) is 34.9 Å². The number of nitrogens with zero attached hydrogens (tertiary/aromatic N) is 1. The molecule has 1 rings (SSSR count). The number of nitriles is 1. The first-order chi connectivity index (χ1) is 8.42. The summed E-state index contributed by atoms with van der Waals surface area (Å²) in [6, 6.07) is 9.21. The number of hydrogen-bond donors (Lipinski definition) is 1. The van der Waals surface area contributed by atoms with E-state index in [0.717, 1.165) is 5.56 Å². The fourth-order valence-corrected chi connectivity index (χ4v) is 1.70. The maximum atomic E-state index is 12.0. The molecule has 0 bridgehead atoms. The van der Waals surface area contributed by atoms with Gasteiger partial charge >= 0.3 is 0 Å². The van der Waals surface area contributed by atoms with Gasteiger partial charge in [0.15, 0.2) is 0 Å². The third-order valence-corrected chi connectivity index (χ3v) is 3.39. The number of halogens is 1. The smallest absolute Gasteiger partial charge is 0.240 e. The Kier molecular flexibility index (Phi) is 4.75. The zero-order chi connectivity index (χ0) is 13.8. The number of rotatable bonds is 4. The summed E-state index contributed by atoms with van der Waals surface area (Å²) in [6.45, 7) is 5.34. The van der Waals surface area contributed by atoms with E-state index in [1.54, 1.807) is 13.0 Å². The van der Waals surface area contributed by atoms with Crippen LogP contribution in [0.5, 0.6) is 0 Å². The Balaban J connectivity index is 2.80. The molecule has 1 aromatic rings. The van der Waals surface area contributed by atoms with Crippen molar-refractivity contribution in [1.29, 1.82) is 5.26 Å². The van der Waals surface area contributed by atoms with Gasteiger partial charge in [0.1, 0.15) is 5.41 Å². The minimum absolute atomic E-state index is 0.171. The first-order valence-electron chi connectivity index (χ1n) is 5.90. The molecule has 2 atom stereocenters. The molecular weight excluding hydrogens is 248 g/mol. The number of nitrogens with one attached hydrogen (secondary N) is 1. The summed E-state index contributed by atoms with van der Waals surface area (Å²) in [6.07, 6.45) is 0.484. The monoisotopic (exact) mass is 264 g/mol. The van der Waals surface area contributed by atoms with E-state index >= 15 is 0 Å². The lowest BCUT2D eigenvalue weighted by Crippen LogP contribution is -2.38. The van der Waals surface area contributed by atoms with E-state index in [9.17, 15) is 4.79 Å². The van der Waals surface area contributed by atoms with Gasteiger partial charge in [0.2, 0.25) is 5.91 Å². The van der Waals surface area contributed by atoms with Crippen molar-refractivity contribution in [2.24, 2.45) is 5.41 Å². The Morgan fingerprint density at radius 1 is 1.61 bits per heavy atom. The molecule has 2 unspecified atom stereocenters. The molecule has 0 aliphatic rings. The summed E-state index contributed by atoms with van der Waals surface area (Å²) >= 11 is 5.90.